The van der Waals surface area contributed by atoms with E-state index in [0.717, 1.165) is 5.56 Å². The van der Waals surface area contributed by atoms with Gasteiger partial charge in [-0.15, -0.1) is 0 Å². The molecular weight excluding hydrogens is 252 g/mol. The summed E-state index contributed by atoms with van der Waals surface area (Å²) in [5, 5.41) is 18.0. The highest BCUT2D eigenvalue weighted by Gasteiger charge is 2.22. The molecule has 1 atom stereocenters. The van der Waals surface area contributed by atoms with Gasteiger partial charge in [0.05, 0.1) is 0 Å². The Bertz CT molecular complexity index is 532. The molecule has 0 radical (unpaired) electrons. The van der Waals surface area contributed by atoms with E-state index in [1.807, 2.05) is 30.3 Å². The summed E-state index contributed by atoms with van der Waals surface area (Å²) < 4.78 is 5.14. The highest BCUT2D eigenvalue weighted by atomic mass is 16.6. The number of hydrogen-bond donors (Lipinski definition) is 2. The van der Waals surface area contributed by atoms with Crippen molar-refractivity contribution in [2.45, 2.75) is 25.6 Å². The first-order valence-electron chi connectivity index (χ1n) is 6.65. The monoisotopic (exact) mass is 272 g/mol. The molecule has 0 aliphatic heterocycles. The fourth-order valence-electron chi connectivity index (χ4n) is 2.17. The molecule has 0 aliphatic carbocycles. The third-order valence-electron chi connectivity index (χ3n) is 3.50. The zero-order valence-electron chi connectivity index (χ0n) is 11.8. The van der Waals surface area contributed by atoms with Gasteiger partial charge in [0.2, 0.25) is 6.29 Å². The summed E-state index contributed by atoms with van der Waals surface area (Å²) in [5.41, 5.74) is 2.30. The minimum atomic E-state index is -1.18. The summed E-state index contributed by atoms with van der Waals surface area (Å²) in [5.74, 6) is 0.541. The van der Waals surface area contributed by atoms with E-state index in [1.54, 1.807) is 12.1 Å². The van der Waals surface area contributed by atoms with E-state index >= 15 is 0 Å². The third kappa shape index (κ3) is 3.18. The van der Waals surface area contributed by atoms with E-state index in [9.17, 15) is 5.11 Å². The standard InChI is InChI=1S/C17H20O3/c1-17(2,13-6-4-3-5-7-13)14-8-10-15(11-9-14)20-16(19)12-18/h3-11,16,18-19H,12H2,1-2H3. The summed E-state index contributed by atoms with van der Waals surface area (Å²) in [4.78, 5) is 0. The number of hydrogen-bond acceptors (Lipinski definition) is 3. The first-order valence-corrected chi connectivity index (χ1v) is 6.65. The normalized spacial score (nSPS) is 13.0. The van der Waals surface area contributed by atoms with Gasteiger partial charge >= 0.3 is 0 Å². The van der Waals surface area contributed by atoms with Crippen LogP contribution in [-0.2, 0) is 5.41 Å². The van der Waals surface area contributed by atoms with Gasteiger partial charge in [-0.2, -0.15) is 0 Å². The lowest BCUT2D eigenvalue weighted by atomic mass is 9.78. The molecule has 0 spiro atoms. The molecule has 0 amide bonds. The van der Waals surface area contributed by atoms with Gasteiger partial charge in [-0.25, -0.2) is 0 Å². The second kappa shape index (κ2) is 6.07. The van der Waals surface area contributed by atoms with Gasteiger partial charge in [-0.1, -0.05) is 56.3 Å². The predicted octanol–water partition coefficient (Wildman–Crippen LogP) is 2.70. The van der Waals surface area contributed by atoms with Gasteiger partial charge < -0.3 is 14.9 Å². The molecule has 2 aromatic carbocycles. The molecule has 0 aliphatic rings. The van der Waals surface area contributed by atoms with Crippen LogP contribution in [0.5, 0.6) is 5.75 Å². The zero-order chi connectivity index (χ0) is 14.6. The van der Waals surface area contributed by atoms with Gasteiger partial charge in [0.15, 0.2) is 0 Å². The van der Waals surface area contributed by atoms with Crippen LogP contribution in [0.2, 0.25) is 0 Å². The number of benzene rings is 2. The van der Waals surface area contributed by atoms with E-state index in [4.69, 9.17) is 9.84 Å². The summed E-state index contributed by atoms with van der Waals surface area (Å²) in [6.45, 7) is 3.92. The van der Waals surface area contributed by atoms with Crippen LogP contribution in [0.4, 0.5) is 0 Å². The second-order valence-electron chi connectivity index (χ2n) is 5.27. The molecule has 0 aromatic heterocycles. The summed E-state index contributed by atoms with van der Waals surface area (Å²) >= 11 is 0. The van der Waals surface area contributed by atoms with Crippen molar-refractivity contribution in [3.63, 3.8) is 0 Å². The van der Waals surface area contributed by atoms with Crippen LogP contribution in [0, 0.1) is 0 Å². The quantitative estimate of drug-likeness (QED) is 0.823. The molecule has 3 nitrogen and oxygen atoms in total. The molecular formula is C17H20O3. The Kier molecular flexibility index (Phi) is 4.42. The molecule has 0 heterocycles. The smallest absolute Gasteiger partial charge is 0.220 e. The summed E-state index contributed by atoms with van der Waals surface area (Å²) in [6, 6.07) is 17.9. The average Bonchev–Trinajstić information content (AvgIpc) is 2.48. The van der Waals surface area contributed by atoms with Crippen molar-refractivity contribution in [1.82, 2.24) is 0 Å². The Morgan fingerprint density at radius 2 is 1.50 bits per heavy atom. The Morgan fingerprint density at radius 1 is 0.950 bits per heavy atom. The van der Waals surface area contributed by atoms with Crippen LogP contribution in [0.1, 0.15) is 25.0 Å². The number of aliphatic hydroxyl groups excluding tert-OH is 2. The van der Waals surface area contributed by atoms with Crippen LogP contribution in [0.3, 0.4) is 0 Å². The maximum atomic E-state index is 9.25. The fourth-order valence-corrected chi connectivity index (χ4v) is 2.17. The average molecular weight is 272 g/mol. The van der Waals surface area contributed by atoms with Crippen molar-refractivity contribution >= 4 is 0 Å². The molecule has 0 fully saturated rings. The lowest BCUT2D eigenvalue weighted by Crippen LogP contribution is -2.20. The Labute approximate surface area is 119 Å². The van der Waals surface area contributed by atoms with Gasteiger partial charge in [-0.05, 0) is 23.3 Å². The molecule has 20 heavy (non-hydrogen) atoms. The SMILES string of the molecule is CC(C)(c1ccccc1)c1ccc(OC(O)CO)cc1. The van der Waals surface area contributed by atoms with Crippen LogP contribution in [0.15, 0.2) is 54.6 Å². The first kappa shape index (κ1) is 14.6. The molecule has 0 saturated carbocycles. The summed E-state index contributed by atoms with van der Waals surface area (Å²) in [7, 11) is 0. The van der Waals surface area contributed by atoms with Crippen LogP contribution >= 0.6 is 0 Å². The molecule has 2 rings (SSSR count). The second-order valence-corrected chi connectivity index (χ2v) is 5.27. The van der Waals surface area contributed by atoms with Crippen molar-refractivity contribution in [2.24, 2.45) is 0 Å². The first-order chi connectivity index (χ1) is 9.54. The van der Waals surface area contributed by atoms with Gasteiger partial charge in [0.25, 0.3) is 0 Å². The van der Waals surface area contributed by atoms with E-state index in [0.29, 0.717) is 5.75 Å². The van der Waals surface area contributed by atoms with Crippen LogP contribution in [0.25, 0.3) is 0 Å². The number of rotatable bonds is 5. The molecule has 0 saturated heterocycles. The minimum Gasteiger partial charge on any atom is -0.463 e. The molecule has 3 heteroatoms. The van der Waals surface area contributed by atoms with Gasteiger partial charge in [-0.3, -0.25) is 0 Å². The molecule has 2 N–H and O–H groups in total. The Balaban J connectivity index is 2.21. The molecule has 2 aromatic rings. The minimum absolute atomic E-state index is 0.102. The number of ether oxygens (including phenoxy) is 1. The predicted molar refractivity (Wildman–Crippen MR) is 78.7 cm³/mol. The van der Waals surface area contributed by atoms with Crippen LogP contribution < -0.4 is 4.74 Å². The highest BCUT2D eigenvalue weighted by Crippen LogP contribution is 2.32. The zero-order valence-corrected chi connectivity index (χ0v) is 11.8. The Morgan fingerprint density at radius 3 is 2.05 bits per heavy atom. The van der Waals surface area contributed by atoms with E-state index in [-0.39, 0.29) is 5.41 Å². The lowest BCUT2D eigenvalue weighted by Gasteiger charge is -2.26. The highest BCUT2D eigenvalue weighted by molar-refractivity contribution is 5.39. The third-order valence-corrected chi connectivity index (χ3v) is 3.50. The fraction of sp³-hybridized carbons (Fsp3) is 0.294. The lowest BCUT2D eigenvalue weighted by molar-refractivity contribution is -0.0548. The van der Waals surface area contributed by atoms with Crippen LogP contribution in [-0.4, -0.2) is 23.1 Å². The van der Waals surface area contributed by atoms with Crippen molar-refractivity contribution in [3.05, 3.63) is 65.7 Å². The molecule has 0 bridgehead atoms. The van der Waals surface area contributed by atoms with Crippen molar-refractivity contribution in [1.29, 1.82) is 0 Å². The van der Waals surface area contributed by atoms with Crippen molar-refractivity contribution < 1.29 is 14.9 Å². The Hall–Kier alpha value is -1.84. The van der Waals surface area contributed by atoms with Gasteiger partial charge in [0, 0.05) is 5.41 Å². The molecule has 1 unspecified atom stereocenters. The maximum absolute atomic E-state index is 9.25. The maximum Gasteiger partial charge on any atom is 0.220 e. The topological polar surface area (TPSA) is 49.7 Å². The largest absolute Gasteiger partial charge is 0.463 e. The van der Waals surface area contributed by atoms with Crippen molar-refractivity contribution in [2.75, 3.05) is 6.61 Å². The van der Waals surface area contributed by atoms with Crippen molar-refractivity contribution in [3.8, 4) is 5.75 Å². The van der Waals surface area contributed by atoms with E-state index in [2.05, 4.69) is 26.0 Å². The summed E-state index contributed by atoms with van der Waals surface area (Å²) in [6.07, 6.45) is -1.18. The van der Waals surface area contributed by atoms with Gasteiger partial charge in [0.1, 0.15) is 12.4 Å². The number of aliphatic hydroxyl groups is 2. The van der Waals surface area contributed by atoms with E-state index in [1.165, 1.54) is 5.56 Å². The molecule has 106 valence electrons. The van der Waals surface area contributed by atoms with E-state index < -0.39 is 12.9 Å².